The summed E-state index contributed by atoms with van der Waals surface area (Å²) in [6.07, 6.45) is -1.11. The Kier molecular flexibility index (Phi) is 8.65. The number of carbonyl (C=O) groups is 3. The van der Waals surface area contributed by atoms with Gasteiger partial charge in [-0.1, -0.05) is 12.1 Å². The molecule has 2 amide bonds. The molecule has 0 radical (unpaired) electrons. The highest BCUT2D eigenvalue weighted by Crippen LogP contribution is 2.49. The number of guanidine groups is 1. The number of nitrogens with zero attached hydrogens (tertiary/aromatic N) is 3. The molecule has 1 unspecified atom stereocenters. The zero-order valence-corrected chi connectivity index (χ0v) is 24.8. The molecule has 15 heteroatoms. The minimum absolute atomic E-state index is 0.0565. The van der Waals surface area contributed by atoms with E-state index in [4.69, 9.17) is 11.5 Å². The summed E-state index contributed by atoms with van der Waals surface area (Å²) in [6, 6.07) is 5.41. The molecular formula is C28H31F3N7O3S2+. The molecule has 4 atom stereocenters. The molecule has 0 aliphatic carbocycles. The van der Waals surface area contributed by atoms with Crippen LogP contribution in [0.3, 0.4) is 0 Å². The van der Waals surface area contributed by atoms with Crippen LogP contribution in [0.1, 0.15) is 59.6 Å². The summed E-state index contributed by atoms with van der Waals surface area (Å²) in [6.45, 7) is 2.34. The van der Waals surface area contributed by atoms with E-state index in [0.717, 1.165) is 6.07 Å². The van der Waals surface area contributed by atoms with Gasteiger partial charge in [0.25, 0.3) is 0 Å². The zero-order valence-electron chi connectivity index (χ0n) is 23.2. The van der Waals surface area contributed by atoms with Crippen LogP contribution in [0.25, 0.3) is 10.9 Å². The summed E-state index contributed by atoms with van der Waals surface area (Å²) in [5.41, 5.74) is 10.8. The number of ketones is 1. The van der Waals surface area contributed by atoms with Crippen molar-refractivity contribution in [3.05, 3.63) is 58.2 Å². The number of fused-ring (bicyclic) bond motifs is 2. The van der Waals surface area contributed by atoms with Crippen LogP contribution in [0.15, 0.2) is 41.9 Å². The number of amides is 2. The topological polar surface area (TPSA) is 158 Å². The smallest absolute Gasteiger partial charge is 0.344 e. The largest absolute Gasteiger partial charge is 0.433 e. The molecule has 2 aliphatic heterocycles. The molecule has 3 aromatic rings. The van der Waals surface area contributed by atoms with Gasteiger partial charge in [0.15, 0.2) is 5.01 Å². The standard InChI is InChI=1S/C28H30F3N7O3S2/c1-27-9-8-17(15-4-6-18-16(13-15)5-7-21(36-18)28(29,30)31)25(41)38(27)20(14-43-27)23(40)37-19(3-2-10-35-26(32)33)22(39)24-34-11-12-42-24/h4-7,11-13,17,19-20H,2-3,8-10,14H2,1H3,(H,37,40)(H4,32,33,35)/p+1/t17-,19?,20-,27-/m0/s1. The normalized spacial score (nSPS) is 22.7. The zero-order chi connectivity index (χ0) is 30.9. The van der Waals surface area contributed by atoms with Gasteiger partial charge in [0.05, 0.1) is 28.9 Å². The van der Waals surface area contributed by atoms with E-state index in [9.17, 15) is 27.6 Å². The van der Waals surface area contributed by atoms with Crippen molar-refractivity contribution in [2.75, 3.05) is 12.3 Å². The first-order chi connectivity index (χ1) is 20.4. The highest BCUT2D eigenvalue weighted by molar-refractivity contribution is 8.00. The lowest BCUT2D eigenvalue weighted by molar-refractivity contribution is -0.459. The lowest BCUT2D eigenvalue weighted by Gasteiger charge is -2.44. The van der Waals surface area contributed by atoms with Gasteiger partial charge in [0.1, 0.15) is 11.7 Å². The molecule has 228 valence electrons. The molecule has 1 aromatic carbocycles. The first-order valence-electron chi connectivity index (χ1n) is 13.7. The highest BCUT2D eigenvalue weighted by atomic mass is 32.2. The van der Waals surface area contributed by atoms with Crippen LogP contribution in [0.4, 0.5) is 13.2 Å². The Labute approximate surface area is 253 Å². The lowest BCUT2D eigenvalue weighted by atomic mass is 9.85. The van der Waals surface area contributed by atoms with Crippen LogP contribution in [-0.4, -0.2) is 67.7 Å². The second-order valence-electron chi connectivity index (χ2n) is 10.7. The first kappa shape index (κ1) is 30.7. The SMILES string of the molecule is C[C@]12CC[C@@H](c3ccc4nc(C(F)(F)F)ccc4c3)C(=O)N1[C@H](C(=O)NC(CCC[NH+]=C(N)N)C(=O)c1nccs1)CS2. The second kappa shape index (κ2) is 12.1. The van der Waals surface area contributed by atoms with Crippen molar-refractivity contribution in [2.45, 2.75) is 61.7 Å². The molecule has 5 rings (SSSR count). The Balaban J connectivity index is 1.35. The van der Waals surface area contributed by atoms with E-state index < -0.39 is 40.6 Å². The molecule has 6 N–H and O–H groups in total. The van der Waals surface area contributed by atoms with Gasteiger partial charge in [-0.15, -0.1) is 23.1 Å². The number of nitrogens with two attached hydrogens (primary N) is 2. The lowest BCUT2D eigenvalue weighted by Crippen LogP contribution is -2.78. The Morgan fingerprint density at radius 2 is 2.05 bits per heavy atom. The number of Topliss-reactive ketones (excluding diaryl/α,β-unsaturated/α-hetero) is 1. The van der Waals surface area contributed by atoms with Gasteiger partial charge < -0.3 is 10.2 Å². The number of piperidine rings is 1. The molecule has 10 nitrogen and oxygen atoms in total. The van der Waals surface area contributed by atoms with Gasteiger partial charge >= 0.3 is 12.1 Å². The van der Waals surface area contributed by atoms with E-state index in [1.54, 1.807) is 22.4 Å². The van der Waals surface area contributed by atoms with Crippen molar-refractivity contribution in [3.8, 4) is 0 Å². The number of hydrogen-bond acceptors (Lipinski definition) is 7. The van der Waals surface area contributed by atoms with Crippen LogP contribution in [0.5, 0.6) is 0 Å². The number of halogens is 3. The fourth-order valence-corrected chi connectivity index (χ4v) is 7.67. The number of hydrogen-bond donors (Lipinski definition) is 4. The third-order valence-corrected chi connectivity index (χ3v) is 10.1. The Bertz CT molecular complexity index is 1560. The van der Waals surface area contributed by atoms with Crippen molar-refractivity contribution in [2.24, 2.45) is 11.5 Å². The summed E-state index contributed by atoms with van der Waals surface area (Å²) in [5.74, 6) is -1.14. The van der Waals surface area contributed by atoms with Crippen LogP contribution in [0.2, 0.25) is 0 Å². The van der Waals surface area contributed by atoms with Crippen molar-refractivity contribution >= 4 is 57.6 Å². The van der Waals surface area contributed by atoms with Gasteiger partial charge in [-0.2, -0.15) is 13.2 Å². The number of pyridine rings is 1. The van der Waals surface area contributed by atoms with Crippen molar-refractivity contribution < 1.29 is 32.5 Å². The predicted molar refractivity (Wildman–Crippen MR) is 157 cm³/mol. The van der Waals surface area contributed by atoms with Crippen molar-refractivity contribution in [1.82, 2.24) is 20.2 Å². The number of rotatable bonds is 9. The minimum atomic E-state index is -4.56. The molecule has 2 aromatic heterocycles. The average Bonchev–Trinajstić information content (AvgIpc) is 3.62. The van der Waals surface area contributed by atoms with E-state index in [-0.39, 0.29) is 28.2 Å². The number of nitrogens with one attached hydrogen (secondary N) is 2. The Morgan fingerprint density at radius 1 is 1.26 bits per heavy atom. The molecule has 0 saturated carbocycles. The summed E-state index contributed by atoms with van der Waals surface area (Å²) < 4.78 is 39.4. The van der Waals surface area contributed by atoms with Crippen molar-refractivity contribution in [1.29, 1.82) is 0 Å². The monoisotopic (exact) mass is 634 g/mol. The van der Waals surface area contributed by atoms with Gasteiger partial charge in [-0.05, 0) is 56.4 Å². The molecule has 0 spiro atoms. The van der Waals surface area contributed by atoms with E-state index in [0.29, 0.717) is 48.9 Å². The average molecular weight is 635 g/mol. The van der Waals surface area contributed by atoms with Crippen LogP contribution in [0, 0.1) is 0 Å². The summed E-state index contributed by atoms with van der Waals surface area (Å²) in [7, 11) is 0. The van der Waals surface area contributed by atoms with E-state index >= 15 is 0 Å². The highest BCUT2D eigenvalue weighted by Gasteiger charge is 2.54. The first-order valence-corrected chi connectivity index (χ1v) is 15.5. The number of thiazole rings is 1. The van der Waals surface area contributed by atoms with Gasteiger partial charge in [-0.25, -0.2) is 9.97 Å². The third-order valence-electron chi connectivity index (χ3n) is 7.79. The van der Waals surface area contributed by atoms with E-state index in [1.165, 1.54) is 41.4 Å². The maximum Gasteiger partial charge on any atom is 0.433 e. The van der Waals surface area contributed by atoms with Gasteiger partial charge in [0, 0.05) is 22.7 Å². The number of aromatic nitrogens is 2. The Morgan fingerprint density at radius 3 is 2.74 bits per heavy atom. The predicted octanol–water partition coefficient (Wildman–Crippen LogP) is 1.75. The molecule has 2 fully saturated rings. The minimum Gasteiger partial charge on any atom is -0.344 e. The fraction of sp³-hybridized carbons (Fsp3) is 0.429. The van der Waals surface area contributed by atoms with E-state index in [1.807, 2.05) is 6.92 Å². The van der Waals surface area contributed by atoms with Gasteiger partial charge in [-0.3, -0.25) is 30.8 Å². The van der Waals surface area contributed by atoms with Crippen LogP contribution < -0.4 is 21.8 Å². The summed E-state index contributed by atoms with van der Waals surface area (Å²) in [4.78, 5) is 52.5. The molecule has 43 heavy (non-hydrogen) atoms. The number of alkyl halides is 3. The molecule has 0 bridgehead atoms. The number of benzene rings is 1. The van der Waals surface area contributed by atoms with Gasteiger partial charge in [0.2, 0.25) is 17.6 Å². The summed E-state index contributed by atoms with van der Waals surface area (Å²) >= 11 is 2.70. The fourth-order valence-electron chi connectivity index (χ4n) is 5.61. The molecule has 2 aliphatic rings. The number of carbonyl (C=O) groups excluding carboxylic acids is 3. The van der Waals surface area contributed by atoms with E-state index in [2.05, 4.69) is 20.3 Å². The molecule has 2 saturated heterocycles. The van der Waals surface area contributed by atoms with Crippen molar-refractivity contribution in [3.63, 3.8) is 0 Å². The van der Waals surface area contributed by atoms with Crippen LogP contribution in [-0.2, 0) is 15.8 Å². The molecule has 4 heterocycles. The maximum atomic E-state index is 14.0. The summed E-state index contributed by atoms with van der Waals surface area (Å²) in [5, 5.41) is 5.32. The molecular weight excluding hydrogens is 603 g/mol. The maximum absolute atomic E-state index is 14.0. The third kappa shape index (κ3) is 6.47. The second-order valence-corrected chi connectivity index (χ2v) is 13.1. The number of thioether (sulfide) groups is 1. The van der Waals surface area contributed by atoms with Crippen LogP contribution >= 0.6 is 23.1 Å². The quantitative estimate of drug-likeness (QED) is 0.120. The Hall–Kier alpha value is -3.72.